The maximum absolute atomic E-state index is 11.2. The van der Waals surface area contributed by atoms with Crippen LogP contribution in [0.2, 0.25) is 0 Å². The lowest BCUT2D eigenvalue weighted by Gasteiger charge is -2.00. The summed E-state index contributed by atoms with van der Waals surface area (Å²) in [6.45, 7) is 0.0598. The van der Waals surface area contributed by atoms with Crippen molar-refractivity contribution < 1.29 is 9.53 Å². The molecular weight excluding hydrogens is 186 g/mol. The number of hydrogen-bond acceptors (Lipinski definition) is 4. The number of benzene rings is 1. The van der Waals surface area contributed by atoms with Crippen molar-refractivity contribution in [2.24, 2.45) is 5.73 Å². The number of carbonyl (C=O) groups excluding carboxylic acids is 1. The number of Topliss-reactive ketones (excluding diaryl/α,β-unsaturated/α-hetero) is 1. The predicted molar refractivity (Wildman–Crippen MR) is 51.2 cm³/mol. The Labute approximate surface area is 80.3 Å². The minimum absolute atomic E-state index is 0.0321. The van der Waals surface area contributed by atoms with Crippen LogP contribution < -0.4 is 10.5 Å². The van der Waals surface area contributed by atoms with Gasteiger partial charge in [-0.25, -0.2) is 0 Å². The molecule has 0 unspecified atom stereocenters. The molecule has 2 rings (SSSR count). The zero-order valence-corrected chi connectivity index (χ0v) is 7.76. The number of ketones is 1. The molecule has 1 aromatic rings. The second kappa shape index (κ2) is 3.40. The van der Waals surface area contributed by atoms with Gasteiger partial charge in [0.1, 0.15) is 11.7 Å². The van der Waals surface area contributed by atoms with E-state index in [0.717, 1.165) is 10.6 Å². The zero-order valence-electron chi connectivity index (χ0n) is 6.95. The van der Waals surface area contributed by atoms with Crippen molar-refractivity contribution >= 4 is 17.5 Å². The summed E-state index contributed by atoms with van der Waals surface area (Å²) in [5.41, 5.74) is 5.93. The summed E-state index contributed by atoms with van der Waals surface area (Å²) in [5, 5.41) is 0. The number of carbonyl (C=O) groups is 1. The first-order valence-electron chi connectivity index (χ1n) is 3.94. The largest absolute Gasteiger partial charge is 0.481 e. The number of hydrogen-bond donors (Lipinski definition) is 1. The maximum Gasteiger partial charge on any atom is 0.176 e. The van der Waals surface area contributed by atoms with E-state index < -0.39 is 0 Å². The normalized spacial score (nSPS) is 13.6. The Kier molecular flexibility index (Phi) is 2.24. The molecule has 3 nitrogen and oxygen atoms in total. The van der Waals surface area contributed by atoms with E-state index in [-0.39, 0.29) is 12.3 Å². The molecule has 0 fully saturated rings. The van der Waals surface area contributed by atoms with Gasteiger partial charge in [0.05, 0.1) is 11.4 Å². The van der Waals surface area contributed by atoms with E-state index in [0.29, 0.717) is 11.5 Å². The van der Waals surface area contributed by atoms with Crippen LogP contribution in [-0.4, -0.2) is 18.3 Å². The number of ether oxygens (including phenoxy) is 1. The van der Waals surface area contributed by atoms with Crippen LogP contribution >= 0.6 is 11.8 Å². The first-order valence-corrected chi connectivity index (χ1v) is 4.93. The molecule has 0 atom stereocenters. The molecule has 0 radical (unpaired) electrons. The number of nitrogens with two attached hydrogens (primary N) is 1. The van der Waals surface area contributed by atoms with E-state index in [4.69, 9.17) is 10.5 Å². The SMILES string of the molecule is NCC(=O)c1ccc2c(c1)SCO2. The summed E-state index contributed by atoms with van der Waals surface area (Å²) in [6.07, 6.45) is 0. The van der Waals surface area contributed by atoms with E-state index in [9.17, 15) is 4.79 Å². The average molecular weight is 195 g/mol. The van der Waals surface area contributed by atoms with Crippen molar-refractivity contribution in [1.29, 1.82) is 0 Å². The quantitative estimate of drug-likeness (QED) is 0.722. The molecule has 4 heteroatoms. The van der Waals surface area contributed by atoms with Gasteiger partial charge >= 0.3 is 0 Å². The summed E-state index contributed by atoms with van der Waals surface area (Å²) in [5.74, 6) is 1.46. The first-order chi connectivity index (χ1) is 6.31. The van der Waals surface area contributed by atoms with Crippen molar-refractivity contribution in [2.45, 2.75) is 4.90 Å². The Morgan fingerprint density at radius 1 is 1.62 bits per heavy atom. The lowest BCUT2D eigenvalue weighted by molar-refractivity contribution is 0.100. The number of fused-ring (bicyclic) bond motifs is 1. The molecule has 0 spiro atoms. The Bertz CT molecular complexity index is 351. The van der Waals surface area contributed by atoms with Gasteiger partial charge in [0.25, 0.3) is 0 Å². The minimum Gasteiger partial charge on any atom is -0.481 e. The fourth-order valence-electron chi connectivity index (χ4n) is 1.19. The number of thioether (sulfide) groups is 1. The van der Waals surface area contributed by atoms with Gasteiger partial charge in [-0.1, -0.05) is 11.8 Å². The van der Waals surface area contributed by atoms with Crippen molar-refractivity contribution in [3.8, 4) is 5.75 Å². The van der Waals surface area contributed by atoms with Crippen LogP contribution in [0.25, 0.3) is 0 Å². The van der Waals surface area contributed by atoms with Crippen LogP contribution in [0.5, 0.6) is 5.75 Å². The summed E-state index contributed by atoms with van der Waals surface area (Å²) in [7, 11) is 0. The average Bonchev–Trinajstić information content (AvgIpc) is 2.63. The van der Waals surface area contributed by atoms with Crippen LogP contribution in [-0.2, 0) is 0 Å². The van der Waals surface area contributed by atoms with Crippen LogP contribution in [0.3, 0.4) is 0 Å². The molecule has 0 aliphatic carbocycles. The summed E-state index contributed by atoms with van der Waals surface area (Å²) < 4.78 is 5.29. The van der Waals surface area contributed by atoms with E-state index in [1.54, 1.807) is 17.8 Å². The third-order valence-electron chi connectivity index (χ3n) is 1.88. The van der Waals surface area contributed by atoms with Crippen molar-refractivity contribution in [2.75, 3.05) is 12.5 Å². The van der Waals surface area contributed by atoms with Gasteiger partial charge in [0.2, 0.25) is 0 Å². The second-order valence-corrected chi connectivity index (χ2v) is 3.66. The van der Waals surface area contributed by atoms with Crippen molar-refractivity contribution in [1.82, 2.24) is 0 Å². The summed E-state index contributed by atoms with van der Waals surface area (Å²) >= 11 is 1.59. The molecule has 0 bridgehead atoms. The first kappa shape index (κ1) is 8.59. The molecule has 1 aromatic carbocycles. The summed E-state index contributed by atoms with van der Waals surface area (Å²) in [6, 6.07) is 5.40. The highest BCUT2D eigenvalue weighted by atomic mass is 32.2. The van der Waals surface area contributed by atoms with Crippen molar-refractivity contribution in [3.63, 3.8) is 0 Å². The van der Waals surface area contributed by atoms with Crippen LogP contribution in [0.1, 0.15) is 10.4 Å². The molecule has 1 aliphatic rings. The third-order valence-corrected chi connectivity index (χ3v) is 2.75. The van der Waals surface area contributed by atoms with Gasteiger partial charge in [-0.2, -0.15) is 0 Å². The van der Waals surface area contributed by atoms with Gasteiger partial charge in [-0.05, 0) is 18.2 Å². The van der Waals surface area contributed by atoms with Crippen LogP contribution in [0.15, 0.2) is 23.1 Å². The zero-order chi connectivity index (χ0) is 9.26. The smallest absolute Gasteiger partial charge is 0.176 e. The van der Waals surface area contributed by atoms with E-state index >= 15 is 0 Å². The van der Waals surface area contributed by atoms with Gasteiger partial charge < -0.3 is 10.5 Å². The molecule has 1 heterocycles. The van der Waals surface area contributed by atoms with Gasteiger partial charge in [-0.3, -0.25) is 4.79 Å². The fourth-order valence-corrected chi connectivity index (χ4v) is 1.98. The maximum atomic E-state index is 11.2. The highest BCUT2D eigenvalue weighted by Gasteiger charge is 2.14. The van der Waals surface area contributed by atoms with Crippen LogP contribution in [0.4, 0.5) is 0 Å². The fraction of sp³-hybridized carbons (Fsp3) is 0.222. The number of rotatable bonds is 2. The Morgan fingerprint density at radius 3 is 3.23 bits per heavy atom. The third kappa shape index (κ3) is 1.55. The monoisotopic (exact) mass is 195 g/mol. The minimum atomic E-state index is -0.0321. The molecule has 1 aliphatic heterocycles. The van der Waals surface area contributed by atoms with Gasteiger partial charge in [0, 0.05) is 5.56 Å². The summed E-state index contributed by atoms with van der Waals surface area (Å²) in [4.78, 5) is 12.3. The Balaban J connectivity index is 2.36. The highest BCUT2D eigenvalue weighted by molar-refractivity contribution is 7.99. The molecule has 0 aromatic heterocycles. The molecule has 2 N–H and O–H groups in total. The van der Waals surface area contributed by atoms with E-state index in [2.05, 4.69) is 0 Å². The lowest BCUT2D eigenvalue weighted by atomic mass is 10.1. The molecule has 0 saturated heterocycles. The molecule has 0 saturated carbocycles. The topological polar surface area (TPSA) is 52.3 Å². The Morgan fingerprint density at radius 2 is 2.46 bits per heavy atom. The lowest BCUT2D eigenvalue weighted by Crippen LogP contribution is -2.13. The second-order valence-electron chi connectivity index (χ2n) is 2.70. The molecular formula is C9H9NO2S. The predicted octanol–water partition coefficient (Wildman–Crippen LogP) is 1.27. The van der Waals surface area contributed by atoms with E-state index in [1.807, 2.05) is 12.1 Å². The molecule has 13 heavy (non-hydrogen) atoms. The molecule has 0 amide bonds. The van der Waals surface area contributed by atoms with Gasteiger partial charge in [-0.15, -0.1) is 0 Å². The Hall–Kier alpha value is -1.00. The molecule has 68 valence electrons. The van der Waals surface area contributed by atoms with E-state index in [1.165, 1.54) is 0 Å². The van der Waals surface area contributed by atoms with Gasteiger partial charge in [0.15, 0.2) is 5.78 Å². The van der Waals surface area contributed by atoms with Crippen molar-refractivity contribution in [3.05, 3.63) is 23.8 Å². The highest BCUT2D eigenvalue weighted by Crippen LogP contribution is 2.36. The van der Waals surface area contributed by atoms with Crippen LogP contribution in [0, 0.1) is 0 Å². The standard InChI is InChI=1S/C9H9NO2S/c10-4-7(11)6-1-2-8-9(3-6)13-5-12-8/h1-3H,4-5,10H2.